The lowest BCUT2D eigenvalue weighted by molar-refractivity contribution is -0.128. The number of hydrogen-bond acceptors (Lipinski definition) is 5. The quantitative estimate of drug-likeness (QED) is 0.884. The highest BCUT2D eigenvalue weighted by atomic mass is 35.5. The van der Waals surface area contributed by atoms with Crippen LogP contribution >= 0.6 is 11.6 Å². The minimum atomic E-state index is -0.215. The second kappa shape index (κ2) is 7.00. The van der Waals surface area contributed by atoms with Crippen molar-refractivity contribution in [2.24, 2.45) is 0 Å². The van der Waals surface area contributed by atoms with Gasteiger partial charge in [-0.1, -0.05) is 40.1 Å². The number of amides is 2. The van der Waals surface area contributed by atoms with Crippen LogP contribution in [0.25, 0.3) is 0 Å². The van der Waals surface area contributed by atoms with Crippen molar-refractivity contribution in [2.75, 3.05) is 6.54 Å². The fourth-order valence-corrected chi connectivity index (χ4v) is 2.89. The molecule has 7 nitrogen and oxygen atoms in total. The Bertz CT molecular complexity index is 761. The topological polar surface area (TPSA) is 88.3 Å². The van der Waals surface area contributed by atoms with Gasteiger partial charge in [0, 0.05) is 24.5 Å². The molecule has 0 saturated carbocycles. The van der Waals surface area contributed by atoms with E-state index in [-0.39, 0.29) is 30.7 Å². The maximum absolute atomic E-state index is 12.1. The maximum atomic E-state index is 12.1. The van der Waals surface area contributed by atoms with E-state index >= 15 is 0 Å². The summed E-state index contributed by atoms with van der Waals surface area (Å²) in [5, 5.41) is 10.8. The highest BCUT2D eigenvalue weighted by Gasteiger charge is 2.31. The summed E-state index contributed by atoms with van der Waals surface area (Å²) in [5.74, 6) is -0.203. The van der Waals surface area contributed by atoms with Crippen molar-refractivity contribution < 1.29 is 14.2 Å². The van der Waals surface area contributed by atoms with E-state index in [1.54, 1.807) is 17.9 Å². The maximum Gasteiger partial charge on any atom is 0.226 e. The molecule has 2 heterocycles. The predicted octanol–water partition coefficient (Wildman–Crippen LogP) is 1.49. The lowest BCUT2D eigenvalue weighted by atomic mass is 10.2. The summed E-state index contributed by atoms with van der Waals surface area (Å²) < 4.78 is 4.57. The van der Waals surface area contributed by atoms with Crippen molar-refractivity contribution in [1.29, 1.82) is 0 Å². The molecule has 1 unspecified atom stereocenters. The van der Waals surface area contributed by atoms with E-state index in [9.17, 15) is 9.59 Å². The zero-order chi connectivity index (χ0) is 17.1. The van der Waals surface area contributed by atoms with Crippen molar-refractivity contribution in [3.05, 3.63) is 46.2 Å². The fourth-order valence-electron chi connectivity index (χ4n) is 2.69. The van der Waals surface area contributed by atoms with Crippen LogP contribution in [0.5, 0.6) is 0 Å². The van der Waals surface area contributed by atoms with Gasteiger partial charge in [-0.2, -0.15) is 0 Å². The van der Waals surface area contributed by atoms with Crippen LogP contribution in [0.15, 0.2) is 28.9 Å². The third-order valence-corrected chi connectivity index (χ3v) is 4.34. The Morgan fingerprint density at radius 2 is 2.21 bits per heavy atom. The number of carbonyl (C=O) groups excluding carboxylic acids is 2. The Labute approximate surface area is 143 Å². The lowest BCUT2D eigenvalue weighted by Crippen LogP contribution is -2.38. The SMILES string of the molecule is Cc1nonc1CC(=O)NC1CC(=O)N(Cc2ccccc2Cl)C1. The number of aryl methyl sites for hydroxylation is 1. The van der Waals surface area contributed by atoms with Gasteiger partial charge in [-0.15, -0.1) is 0 Å². The molecule has 1 atom stereocenters. The minimum Gasteiger partial charge on any atom is -0.351 e. The summed E-state index contributed by atoms with van der Waals surface area (Å²) in [6.45, 7) is 2.63. The van der Waals surface area contributed by atoms with Gasteiger partial charge in [-0.3, -0.25) is 9.59 Å². The van der Waals surface area contributed by atoms with Gasteiger partial charge in [0.05, 0.1) is 12.5 Å². The van der Waals surface area contributed by atoms with Crippen LogP contribution in [0.1, 0.15) is 23.4 Å². The monoisotopic (exact) mass is 348 g/mol. The molecule has 1 aliphatic rings. The first-order valence-corrected chi connectivity index (χ1v) is 7.99. The molecule has 0 radical (unpaired) electrons. The highest BCUT2D eigenvalue weighted by Crippen LogP contribution is 2.20. The lowest BCUT2D eigenvalue weighted by Gasteiger charge is -2.18. The summed E-state index contributed by atoms with van der Waals surface area (Å²) in [5.41, 5.74) is 1.99. The van der Waals surface area contributed by atoms with E-state index < -0.39 is 0 Å². The summed E-state index contributed by atoms with van der Waals surface area (Å²) in [7, 11) is 0. The average molecular weight is 349 g/mol. The number of likely N-dealkylation sites (tertiary alicyclic amines) is 1. The number of aromatic nitrogens is 2. The van der Waals surface area contributed by atoms with Crippen molar-refractivity contribution in [2.45, 2.75) is 32.4 Å². The van der Waals surface area contributed by atoms with Crippen molar-refractivity contribution in [3.8, 4) is 0 Å². The highest BCUT2D eigenvalue weighted by molar-refractivity contribution is 6.31. The van der Waals surface area contributed by atoms with Gasteiger partial charge in [-0.05, 0) is 18.6 Å². The first-order chi connectivity index (χ1) is 11.5. The largest absolute Gasteiger partial charge is 0.351 e. The number of hydrogen-bond donors (Lipinski definition) is 1. The van der Waals surface area contributed by atoms with Gasteiger partial charge in [0.1, 0.15) is 11.4 Å². The van der Waals surface area contributed by atoms with Crippen LogP contribution < -0.4 is 5.32 Å². The van der Waals surface area contributed by atoms with Gasteiger partial charge in [-0.25, -0.2) is 4.63 Å². The van der Waals surface area contributed by atoms with Crippen molar-refractivity contribution >= 4 is 23.4 Å². The van der Waals surface area contributed by atoms with E-state index in [0.717, 1.165) is 5.56 Å². The Morgan fingerprint density at radius 3 is 2.92 bits per heavy atom. The minimum absolute atomic E-state index is 0.000460. The van der Waals surface area contributed by atoms with Crippen LogP contribution in [-0.2, 0) is 22.6 Å². The third-order valence-electron chi connectivity index (χ3n) is 3.97. The number of halogens is 1. The normalized spacial score (nSPS) is 17.3. The Morgan fingerprint density at radius 1 is 1.42 bits per heavy atom. The van der Waals surface area contributed by atoms with Gasteiger partial charge in [0.25, 0.3) is 0 Å². The summed E-state index contributed by atoms with van der Waals surface area (Å²) in [6, 6.07) is 7.21. The molecule has 1 aromatic heterocycles. The number of nitrogens with zero attached hydrogens (tertiary/aromatic N) is 3. The van der Waals surface area contributed by atoms with E-state index in [2.05, 4.69) is 20.3 Å². The number of carbonyl (C=O) groups is 2. The van der Waals surface area contributed by atoms with E-state index in [4.69, 9.17) is 11.6 Å². The summed E-state index contributed by atoms with van der Waals surface area (Å²) >= 11 is 6.14. The molecule has 1 fully saturated rings. The molecule has 1 aromatic carbocycles. The van der Waals surface area contributed by atoms with Crippen LogP contribution in [0.4, 0.5) is 0 Å². The second-order valence-electron chi connectivity index (χ2n) is 5.81. The number of benzene rings is 1. The molecule has 2 amide bonds. The van der Waals surface area contributed by atoms with Crippen LogP contribution in [0.2, 0.25) is 5.02 Å². The first kappa shape index (κ1) is 16.4. The molecule has 24 heavy (non-hydrogen) atoms. The smallest absolute Gasteiger partial charge is 0.226 e. The number of rotatable bonds is 5. The van der Waals surface area contributed by atoms with E-state index in [1.165, 1.54) is 0 Å². The molecule has 3 rings (SSSR count). The standard InChI is InChI=1S/C16H17ClN4O3/c1-10-14(20-24-19-10)7-15(22)18-12-6-16(23)21(9-12)8-11-4-2-3-5-13(11)17/h2-5,12H,6-9H2,1H3,(H,18,22). The molecule has 0 spiro atoms. The molecule has 1 aliphatic heterocycles. The van der Waals surface area contributed by atoms with Gasteiger partial charge >= 0.3 is 0 Å². The van der Waals surface area contributed by atoms with Crippen molar-refractivity contribution in [1.82, 2.24) is 20.5 Å². The molecule has 8 heteroatoms. The average Bonchev–Trinajstić information content (AvgIpc) is 3.08. The van der Waals surface area contributed by atoms with Crippen molar-refractivity contribution in [3.63, 3.8) is 0 Å². The molecular formula is C16H17ClN4O3. The summed E-state index contributed by atoms with van der Waals surface area (Å²) in [6.07, 6.45) is 0.372. The zero-order valence-electron chi connectivity index (χ0n) is 13.2. The van der Waals surface area contributed by atoms with Gasteiger partial charge < -0.3 is 10.2 Å². The molecule has 0 bridgehead atoms. The Kier molecular flexibility index (Phi) is 4.80. The second-order valence-corrected chi connectivity index (χ2v) is 6.21. The summed E-state index contributed by atoms with van der Waals surface area (Å²) in [4.78, 5) is 25.9. The molecule has 2 aromatic rings. The Hall–Kier alpha value is -2.41. The fraction of sp³-hybridized carbons (Fsp3) is 0.375. The third kappa shape index (κ3) is 3.73. The molecule has 0 aliphatic carbocycles. The van der Waals surface area contributed by atoms with Gasteiger partial charge in [0.15, 0.2) is 0 Å². The first-order valence-electron chi connectivity index (χ1n) is 7.61. The van der Waals surface area contributed by atoms with Crippen LogP contribution in [-0.4, -0.2) is 39.6 Å². The van der Waals surface area contributed by atoms with Gasteiger partial charge in [0.2, 0.25) is 11.8 Å². The molecule has 126 valence electrons. The molecule has 1 saturated heterocycles. The van der Waals surface area contributed by atoms with E-state index in [1.807, 2.05) is 18.2 Å². The predicted molar refractivity (Wildman–Crippen MR) is 86.2 cm³/mol. The van der Waals surface area contributed by atoms with Crippen LogP contribution in [0.3, 0.4) is 0 Å². The van der Waals surface area contributed by atoms with Crippen LogP contribution in [0, 0.1) is 6.92 Å². The molecule has 1 N–H and O–H groups in total. The Balaban J connectivity index is 1.56. The molecular weight excluding hydrogens is 332 g/mol. The van der Waals surface area contributed by atoms with E-state index in [0.29, 0.717) is 29.5 Å². The number of nitrogens with one attached hydrogen (secondary N) is 1. The zero-order valence-corrected chi connectivity index (χ0v) is 13.9.